The summed E-state index contributed by atoms with van der Waals surface area (Å²) in [5.74, 6) is 0. The molecule has 0 spiro atoms. The lowest BCUT2D eigenvalue weighted by molar-refractivity contribution is 0.173. The number of benzene rings is 1. The first-order valence-electron chi connectivity index (χ1n) is 4.43. The standard InChI is InChI=1S/C12H12O/c1-2-10-6-3-4-7-11(10)12-8-5-9-13-12/h2-7,9,12H,1,8H2. The zero-order valence-corrected chi connectivity index (χ0v) is 7.44. The van der Waals surface area contributed by atoms with Crippen molar-refractivity contribution in [3.8, 4) is 0 Å². The summed E-state index contributed by atoms with van der Waals surface area (Å²) < 4.78 is 5.45. The minimum Gasteiger partial charge on any atom is -0.493 e. The van der Waals surface area contributed by atoms with Gasteiger partial charge in [0.05, 0.1) is 6.26 Å². The fraction of sp³-hybridized carbons (Fsp3) is 0.167. The average Bonchev–Trinajstić information content (AvgIpc) is 2.70. The van der Waals surface area contributed by atoms with Crippen LogP contribution in [0.1, 0.15) is 23.7 Å². The van der Waals surface area contributed by atoms with E-state index in [9.17, 15) is 0 Å². The molecule has 0 bridgehead atoms. The number of rotatable bonds is 2. The minimum absolute atomic E-state index is 0.189. The van der Waals surface area contributed by atoms with Crippen LogP contribution in [0.15, 0.2) is 43.2 Å². The zero-order chi connectivity index (χ0) is 9.10. The molecule has 0 radical (unpaired) electrons. The molecular weight excluding hydrogens is 160 g/mol. The maximum Gasteiger partial charge on any atom is 0.127 e. The van der Waals surface area contributed by atoms with Crippen molar-refractivity contribution < 1.29 is 4.74 Å². The Bertz CT molecular complexity index is 331. The predicted octanol–water partition coefficient (Wildman–Crippen LogP) is 3.30. The summed E-state index contributed by atoms with van der Waals surface area (Å²) in [5, 5.41) is 0. The van der Waals surface area contributed by atoms with E-state index in [2.05, 4.69) is 18.7 Å². The van der Waals surface area contributed by atoms with E-state index in [0.29, 0.717) is 0 Å². The van der Waals surface area contributed by atoms with E-state index in [1.165, 1.54) is 5.56 Å². The van der Waals surface area contributed by atoms with Crippen molar-refractivity contribution in [3.63, 3.8) is 0 Å². The Morgan fingerprint density at radius 3 is 2.92 bits per heavy atom. The molecule has 1 atom stereocenters. The van der Waals surface area contributed by atoms with E-state index in [1.54, 1.807) is 6.26 Å². The lowest BCUT2D eigenvalue weighted by Crippen LogP contribution is -1.97. The molecule has 13 heavy (non-hydrogen) atoms. The monoisotopic (exact) mass is 172 g/mol. The van der Waals surface area contributed by atoms with Crippen LogP contribution in [0, 0.1) is 0 Å². The Labute approximate surface area is 78.3 Å². The van der Waals surface area contributed by atoms with Gasteiger partial charge in [-0.1, -0.05) is 36.9 Å². The first-order chi connectivity index (χ1) is 6.42. The van der Waals surface area contributed by atoms with E-state index >= 15 is 0 Å². The van der Waals surface area contributed by atoms with E-state index in [-0.39, 0.29) is 6.10 Å². The van der Waals surface area contributed by atoms with Crippen LogP contribution in [0.2, 0.25) is 0 Å². The summed E-state index contributed by atoms with van der Waals surface area (Å²) in [5.41, 5.74) is 2.39. The van der Waals surface area contributed by atoms with Crippen LogP contribution < -0.4 is 0 Å². The smallest absolute Gasteiger partial charge is 0.127 e. The second kappa shape index (κ2) is 3.48. The van der Waals surface area contributed by atoms with Gasteiger partial charge in [-0.05, 0) is 17.2 Å². The SMILES string of the molecule is C=Cc1ccccc1C1CC=CO1. The summed E-state index contributed by atoms with van der Waals surface area (Å²) in [7, 11) is 0. The highest BCUT2D eigenvalue weighted by Gasteiger charge is 2.15. The summed E-state index contributed by atoms with van der Waals surface area (Å²) in [4.78, 5) is 0. The molecule has 1 aromatic carbocycles. The van der Waals surface area contributed by atoms with E-state index in [1.807, 2.05) is 24.3 Å². The molecule has 0 saturated carbocycles. The van der Waals surface area contributed by atoms with Crippen molar-refractivity contribution in [2.24, 2.45) is 0 Å². The fourth-order valence-electron chi connectivity index (χ4n) is 1.58. The molecule has 0 amide bonds. The molecule has 0 aliphatic carbocycles. The van der Waals surface area contributed by atoms with Crippen molar-refractivity contribution in [2.45, 2.75) is 12.5 Å². The van der Waals surface area contributed by atoms with Crippen molar-refractivity contribution in [1.82, 2.24) is 0 Å². The highest BCUT2D eigenvalue weighted by atomic mass is 16.5. The lowest BCUT2D eigenvalue weighted by atomic mass is 10.0. The molecule has 1 aliphatic heterocycles. The molecule has 0 fully saturated rings. The summed E-state index contributed by atoms with van der Waals surface area (Å²) >= 11 is 0. The van der Waals surface area contributed by atoms with Crippen LogP contribution in [0.4, 0.5) is 0 Å². The lowest BCUT2D eigenvalue weighted by Gasteiger charge is -2.13. The molecule has 0 aromatic heterocycles. The van der Waals surface area contributed by atoms with Gasteiger partial charge in [-0.25, -0.2) is 0 Å². The van der Waals surface area contributed by atoms with Crippen LogP contribution >= 0.6 is 0 Å². The molecule has 1 nitrogen and oxygen atoms in total. The summed E-state index contributed by atoms with van der Waals surface area (Å²) in [6.07, 6.45) is 6.84. The van der Waals surface area contributed by atoms with Gasteiger partial charge >= 0.3 is 0 Å². The molecule has 1 aliphatic rings. The number of ether oxygens (including phenoxy) is 1. The molecule has 66 valence electrons. The zero-order valence-electron chi connectivity index (χ0n) is 7.44. The van der Waals surface area contributed by atoms with Crippen LogP contribution in [0.3, 0.4) is 0 Å². The van der Waals surface area contributed by atoms with Gasteiger partial charge in [0, 0.05) is 6.42 Å². The third-order valence-electron chi connectivity index (χ3n) is 2.25. The predicted molar refractivity (Wildman–Crippen MR) is 54.1 cm³/mol. The average molecular weight is 172 g/mol. The van der Waals surface area contributed by atoms with Crippen LogP contribution in [-0.4, -0.2) is 0 Å². The Kier molecular flexibility index (Phi) is 2.17. The van der Waals surface area contributed by atoms with Crippen molar-refractivity contribution in [1.29, 1.82) is 0 Å². The van der Waals surface area contributed by atoms with Gasteiger partial charge in [0.1, 0.15) is 6.10 Å². The fourth-order valence-corrected chi connectivity index (χ4v) is 1.58. The molecule has 1 aromatic rings. The quantitative estimate of drug-likeness (QED) is 0.665. The highest BCUT2D eigenvalue weighted by Crippen LogP contribution is 2.29. The normalized spacial score (nSPS) is 19.8. The first kappa shape index (κ1) is 8.11. The Morgan fingerprint density at radius 2 is 2.23 bits per heavy atom. The molecule has 0 saturated heterocycles. The van der Waals surface area contributed by atoms with Crippen LogP contribution in [-0.2, 0) is 4.74 Å². The Balaban J connectivity index is 2.32. The Hall–Kier alpha value is -1.50. The molecule has 1 unspecified atom stereocenters. The second-order valence-corrected chi connectivity index (χ2v) is 3.07. The topological polar surface area (TPSA) is 9.23 Å². The molecular formula is C12H12O. The van der Waals surface area contributed by atoms with Gasteiger partial charge in [0.25, 0.3) is 0 Å². The first-order valence-corrected chi connectivity index (χ1v) is 4.43. The maximum absolute atomic E-state index is 5.45. The van der Waals surface area contributed by atoms with Gasteiger partial charge in [0.15, 0.2) is 0 Å². The molecule has 1 heteroatoms. The second-order valence-electron chi connectivity index (χ2n) is 3.07. The van der Waals surface area contributed by atoms with Gasteiger partial charge in [-0.15, -0.1) is 0 Å². The molecule has 1 heterocycles. The minimum atomic E-state index is 0.189. The van der Waals surface area contributed by atoms with Gasteiger partial charge < -0.3 is 4.74 Å². The summed E-state index contributed by atoms with van der Waals surface area (Å²) in [6.45, 7) is 3.79. The van der Waals surface area contributed by atoms with E-state index in [0.717, 1.165) is 12.0 Å². The van der Waals surface area contributed by atoms with Crippen LogP contribution in [0.5, 0.6) is 0 Å². The maximum atomic E-state index is 5.45. The van der Waals surface area contributed by atoms with Gasteiger partial charge in [-0.3, -0.25) is 0 Å². The van der Waals surface area contributed by atoms with Crippen LogP contribution in [0.25, 0.3) is 6.08 Å². The summed E-state index contributed by atoms with van der Waals surface area (Å²) in [6, 6.07) is 8.20. The largest absolute Gasteiger partial charge is 0.493 e. The number of hydrogen-bond acceptors (Lipinski definition) is 1. The third kappa shape index (κ3) is 1.50. The highest BCUT2D eigenvalue weighted by molar-refractivity contribution is 5.52. The van der Waals surface area contributed by atoms with Gasteiger partial charge in [-0.2, -0.15) is 0 Å². The van der Waals surface area contributed by atoms with Gasteiger partial charge in [0.2, 0.25) is 0 Å². The third-order valence-corrected chi connectivity index (χ3v) is 2.25. The van der Waals surface area contributed by atoms with E-state index < -0.39 is 0 Å². The van der Waals surface area contributed by atoms with Crippen molar-refractivity contribution in [2.75, 3.05) is 0 Å². The Morgan fingerprint density at radius 1 is 1.38 bits per heavy atom. The molecule has 0 N–H and O–H groups in total. The van der Waals surface area contributed by atoms with Crippen molar-refractivity contribution in [3.05, 3.63) is 54.3 Å². The number of hydrogen-bond donors (Lipinski definition) is 0. The van der Waals surface area contributed by atoms with Crippen molar-refractivity contribution >= 4 is 6.08 Å². The van der Waals surface area contributed by atoms with E-state index in [4.69, 9.17) is 4.74 Å². The molecule has 2 rings (SSSR count).